The van der Waals surface area contributed by atoms with Crippen LogP contribution in [0.15, 0.2) is 47.4 Å². The summed E-state index contributed by atoms with van der Waals surface area (Å²) in [6, 6.07) is 8.57. The maximum Gasteiger partial charge on any atom is 0.243 e. The lowest BCUT2D eigenvalue weighted by molar-refractivity contribution is 0.0342. The highest BCUT2D eigenvalue weighted by molar-refractivity contribution is 9.10. The van der Waals surface area contributed by atoms with Crippen LogP contribution in [0.5, 0.6) is 0 Å². The molecule has 106 valence electrons. The Labute approximate surface area is 126 Å². The Kier molecular flexibility index (Phi) is 2.56. The molecule has 3 aliphatic heterocycles. The van der Waals surface area contributed by atoms with Gasteiger partial charge in [0.25, 0.3) is 0 Å². The molecule has 0 aliphatic carbocycles. The zero-order valence-corrected chi connectivity index (χ0v) is 13.1. The minimum Gasteiger partial charge on any atom is -0.361 e. The quantitative estimate of drug-likeness (QED) is 0.601. The fourth-order valence-electron chi connectivity index (χ4n) is 3.41. The van der Waals surface area contributed by atoms with Crippen molar-refractivity contribution in [2.75, 3.05) is 13.1 Å². The molecule has 0 aromatic heterocycles. The largest absolute Gasteiger partial charge is 0.361 e. The van der Waals surface area contributed by atoms with Gasteiger partial charge in [-0.25, -0.2) is 8.42 Å². The van der Waals surface area contributed by atoms with Gasteiger partial charge in [0, 0.05) is 13.1 Å². The Balaban J connectivity index is 1.72. The van der Waals surface area contributed by atoms with Crippen LogP contribution in [0.25, 0.3) is 0 Å². The summed E-state index contributed by atoms with van der Waals surface area (Å²) in [6.07, 6.45) is 5.01. The summed E-state index contributed by atoms with van der Waals surface area (Å²) < 4.78 is 32.6. The number of ether oxygens (including phenoxy) is 1. The molecule has 1 aromatic rings. The first-order chi connectivity index (χ1) is 9.45. The average molecular weight is 356 g/mol. The van der Waals surface area contributed by atoms with Crippen LogP contribution in [0.4, 0.5) is 0 Å². The average Bonchev–Trinajstić information content (AvgIpc) is 3.03. The van der Waals surface area contributed by atoms with Crippen molar-refractivity contribution in [3.8, 4) is 0 Å². The SMILES string of the molecule is O=S(=O)(c1ccccc1)N1CC2(Br)CC3C=CC2(C1)O3. The number of nitrogens with zero attached hydrogens (tertiary/aromatic N) is 1. The maximum atomic E-state index is 12.7. The number of alkyl halides is 1. The van der Waals surface area contributed by atoms with Crippen LogP contribution in [-0.4, -0.2) is 41.8 Å². The molecule has 1 aromatic carbocycles. The van der Waals surface area contributed by atoms with E-state index >= 15 is 0 Å². The molecule has 2 saturated heterocycles. The zero-order chi connectivity index (χ0) is 14.0. The molecular weight excluding hydrogens is 342 g/mol. The topological polar surface area (TPSA) is 46.6 Å². The number of benzene rings is 1. The van der Waals surface area contributed by atoms with Gasteiger partial charge >= 0.3 is 0 Å². The van der Waals surface area contributed by atoms with Crippen molar-refractivity contribution in [1.82, 2.24) is 4.31 Å². The van der Waals surface area contributed by atoms with E-state index in [0.29, 0.717) is 18.0 Å². The maximum absolute atomic E-state index is 12.7. The molecule has 4 nitrogen and oxygen atoms in total. The van der Waals surface area contributed by atoms with E-state index < -0.39 is 15.6 Å². The van der Waals surface area contributed by atoms with Crippen molar-refractivity contribution in [3.63, 3.8) is 0 Å². The predicted molar refractivity (Wildman–Crippen MR) is 78.2 cm³/mol. The second-order valence-electron chi connectivity index (χ2n) is 5.66. The third-order valence-corrected chi connectivity index (χ3v) is 7.50. The van der Waals surface area contributed by atoms with Gasteiger partial charge in [-0.05, 0) is 18.6 Å². The summed E-state index contributed by atoms with van der Waals surface area (Å²) in [5.41, 5.74) is -0.500. The third kappa shape index (κ3) is 1.56. The molecule has 1 spiro atoms. The van der Waals surface area contributed by atoms with E-state index in [4.69, 9.17) is 4.74 Å². The fourth-order valence-corrected chi connectivity index (χ4v) is 6.10. The van der Waals surface area contributed by atoms with Crippen LogP contribution in [0.1, 0.15) is 6.42 Å². The van der Waals surface area contributed by atoms with Crippen LogP contribution in [0.2, 0.25) is 0 Å². The Morgan fingerprint density at radius 1 is 1.25 bits per heavy atom. The minimum absolute atomic E-state index is 0.121. The lowest BCUT2D eigenvalue weighted by Crippen LogP contribution is -2.43. The summed E-state index contributed by atoms with van der Waals surface area (Å²) in [7, 11) is -3.46. The molecular formula is C14H14BrNO3S. The van der Waals surface area contributed by atoms with Crippen molar-refractivity contribution in [1.29, 1.82) is 0 Å². The number of hydrogen-bond acceptors (Lipinski definition) is 3. The molecule has 2 bridgehead atoms. The normalized spacial score (nSPS) is 39.4. The van der Waals surface area contributed by atoms with Crippen molar-refractivity contribution < 1.29 is 13.2 Å². The molecule has 2 fully saturated rings. The van der Waals surface area contributed by atoms with Crippen LogP contribution >= 0.6 is 15.9 Å². The first-order valence-corrected chi connectivity index (χ1v) is 8.80. The predicted octanol–water partition coefficient (Wildman–Crippen LogP) is 1.92. The van der Waals surface area contributed by atoms with Crippen LogP contribution in [0, 0.1) is 0 Å². The van der Waals surface area contributed by atoms with Crippen molar-refractivity contribution in [2.24, 2.45) is 0 Å². The highest BCUT2D eigenvalue weighted by Gasteiger charge is 2.66. The number of sulfonamides is 1. The van der Waals surface area contributed by atoms with Gasteiger partial charge in [0.05, 0.1) is 15.3 Å². The monoisotopic (exact) mass is 355 g/mol. The first kappa shape index (κ1) is 13.0. The summed E-state index contributed by atoms with van der Waals surface area (Å²) in [4.78, 5) is 0.339. The Bertz CT molecular complexity index is 690. The lowest BCUT2D eigenvalue weighted by Gasteiger charge is -2.29. The third-order valence-electron chi connectivity index (χ3n) is 4.44. The molecule has 6 heteroatoms. The molecule has 0 N–H and O–H groups in total. The minimum atomic E-state index is -3.46. The highest BCUT2D eigenvalue weighted by Crippen LogP contribution is 2.56. The van der Waals surface area contributed by atoms with Gasteiger partial charge in [-0.15, -0.1) is 0 Å². The van der Waals surface area contributed by atoms with Gasteiger partial charge in [0.2, 0.25) is 10.0 Å². The number of rotatable bonds is 2. The van der Waals surface area contributed by atoms with E-state index in [9.17, 15) is 8.42 Å². The zero-order valence-electron chi connectivity index (χ0n) is 10.7. The summed E-state index contributed by atoms with van der Waals surface area (Å²) in [5, 5.41) is 0. The molecule has 4 rings (SSSR count). The summed E-state index contributed by atoms with van der Waals surface area (Å²) in [5.74, 6) is 0. The van der Waals surface area contributed by atoms with Gasteiger partial charge < -0.3 is 4.74 Å². The number of hydrogen-bond donors (Lipinski definition) is 0. The summed E-state index contributed by atoms with van der Waals surface area (Å²) in [6.45, 7) is 0.827. The first-order valence-electron chi connectivity index (χ1n) is 6.57. The molecule has 0 saturated carbocycles. The van der Waals surface area contributed by atoms with E-state index in [1.807, 2.05) is 18.2 Å². The smallest absolute Gasteiger partial charge is 0.243 e. The van der Waals surface area contributed by atoms with Crippen molar-refractivity contribution >= 4 is 26.0 Å². The van der Waals surface area contributed by atoms with Gasteiger partial charge in [0.15, 0.2) is 0 Å². The molecule has 20 heavy (non-hydrogen) atoms. The standard InChI is InChI=1S/C14H14BrNO3S/c15-13-8-11-6-7-14(13,19-11)10-16(9-13)20(17,18)12-4-2-1-3-5-12/h1-7,11H,8-10H2. The second kappa shape index (κ2) is 3.94. The van der Waals surface area contributed by atoms with E-state index in [1.165, 1.54) is 4.31 Å². The Hall–Kier alpha value is -0.690. The number of halogens is 1. The molecule has 3 heterocycles. The molecule has 3 aliphatic rings. The van der Waals surface area contributed by atoms with Crippen LogP contribution < -0.4 is 0 Å². The number of fused-ring (bicyclic) bond motifs is 1. The molecule has 3 atom stereocenters. The van der Waals surface area contributed by atoms with E-state index in [-0.39, 0.29) is 10.4 Å². The Morgan fingerprint density at radius 3 is 2.65 bits per heavy atom. The molecule has 0 radical (unpaired) electrons. The van der Waals surface area contributed by atoms with E-state index in [0.717, 1.165) is 6.42 Å². The summed E-state index contributed by atoms with van der Waals surface area (Å²) >= 11 is 3.74. The van der Waals surface area contributed by atoms with Gasteiger partial charge in [0.1, 0.15) is 5.60 Å². The Morgan fingerprint density at radius 2 is 2.00 bits per heavy atom. The van der Waals surface area contributed by atoms with Crippen LogP contribution in [0.3, 0.4) is 0 Å². The lowest BCUT2D eigenvalue weighted by atomic mass is 9.86. The van der Waals surface area contributed by atoms with E-state index in [2.05, 4.69) is 15.9 Å². The van der Waals surface area contributed by atoms with Crippen molar-refractivity contribution in [2.45, 2.75) is 27.3 Å². The van der Waals surface area contributed by atoms with Crippen LogP contribution in [-0.2, 0) is 14.8 Å². The molecule has 0 amide bonds. The van der Waals surface area contributed by atoms with Gasteiger partial charge in [-0.2, -0.15) is 4.31 Å². The van der Waals surface area contributed by atoms with Gasteiger partial charge in [-0.1, -0.05) is 46.3 Å². The second-order valence-corrected chi connectivity index (χ2v) is 9.12. The highest BCUT2D eigenvalue weighted by atomic mass is 79.9. The van der Waals surface area contributed by atoms with Gasteiger partial charge in [-0.3, -0.25) is 0 Å². The molecule has 3 unspecified atom stereocenters. The fraction of sp³-hybridized carbons (Fsp3) is 0.429. The van der Waals surface area contributed by atoms with Crippen molar-refractivity contribution in [3.05, 3.63) is 42.5 Å². The van der Waals surface area contributed by atoms with E-state index in [1.54, 1.807) is 24.3 Å².